The summed E-state index contributed by atoms with van der Waals surface area (Å²) in [4.78, 5) is 16.8. The van der Waals surface area contributed by atoms with E-state index in [4.69, 9.17) is 4.74 Å². The van der Waals surface area contributed by atoms with Crippen LogP contribution in [0.15, 0.2) is 72.0 Å². The summed E-state index contributed by atoms with van der Waals surface area (Å²) >= 11 is 0. The van der Waals surface area contributed by atoms with Crippen LogP contribution in [0.4, 0.5) is 0 Å². The highest BCUT2D eigenvalue weighted by molar-refractivity contribution is 5.86. The van der Waals surface area contributed by atoms with E-state index in [1.54, 1.807) is 18.0 Å². The molecule has 2 heterocycles. The Morgan fingerprint density at radius 3 is 2.45 bits per heavy atom. The van der Waals surface area contributed by atoms with Crippen molar-refractivity contribution in [2.24, 2.45) is 22.9 Å². The minimum Gasteiger partial charge on any atom is -0.481 e. The molecule has 0 aliphatic heterocycles. The Morgan fingerprint density at radius 1 is 1.02 bits per heavy atom. The van der Waals surface area contributed by atoms with Gasteiger partial charge in [-0.25, -0.2) is 5.43 Å². The average molecular weight is 533 g/mol. The highest BCUT2D eigenvalue weighted by Crippen LogP contribution is 2.60. The van der Waals surface area contributed by atoms with Gasteiger partial charge in [0.1, 0.15) is 11.3 Å². The molecule has 4 aromatic rings. The number of hydrogen-bond donors (Lipinski definition) is 1. The number of aryl methyl sites for hydroxylation is 1. The summed E-state index contributed by atoms with van der Waals surface area (Å²) in [5.41, 5.74) is 9.66. The van der Waals surface area contributed by atoms with E-state index in [2.05, 4.69) is 64.3 Å². The Kier molecular flexibility index (Phi) is 6.21. The molecule has 1 amide bonds. The molecule has 4 fully saturated rings. The van der Waals surface area contributed by atoms with Crippen LogP contribution in [0.5, 0.6) is 5.75 Å². The zero-order chi connectivity index (χ0) is 27.3. The predicted molar refractivity (Wildman–Crippen MR) is 158 cm³/mol. The number of hydrogen-bond acceptors (Lipinski definition) is 4. The number of aromatic nitrogens is 2. The number of fused-ring (bicyclic) bond motifs is 1. The Hall–Kier alpha value is -3.93. The molecule has 6 nitrogen and oxygen atoms in total. The van der Waals surface area contributed by atoms with Gasteiger partial charge in [-0.1, -0.05) is 30.3 Å². The SMILES string of the molecule is Cc1cc(/C=N/NC(=O)COc2cccc3cccnc23)c(C)n1-c1ccc(C23CC4CC(CC(C4)C2)C3)cc1. The van der Waals surface area contributed by atoms with Crippen LogP contribution in [-0.2, 0) is 10.2 Å². The number of benzene rings is 2. The predicted octanol–water partition coefficient (Wildman–Crippen LogP) is 6.64. The van der Waals surface area contributed by atoms with E-state index < -0.39 is 0 Å². The van der Waals surface area contributed by atoms with Crippen LogP contribution in [0.3, 0.4) is 0 Å². The Balaban J connectivity index is 1.01. The first-order valence-electron chi connectivity index (χ1n) is 14.6. The Labute approximate surface area is 235 Å². The van der Waals surface area contributed by atoms with Gasteiger partial charge >= 0.3 is 0 Å². The van der Waals surface area contributed by atoms with Gasteiger partial charge in [-0.2, -0.15) is 5.10 Å². The molecule has 4 bridgehead atoms. The summed E-state index contributed by atoms with van der Waals surface area (Å²) in [7, 11) is 0. The smallest absolute Gasteiger partial charge is 0.277 e. The third-order valence-electron chi connectivity index (χ3n) is 9.59. The summed E-state index contributed by atoms with van der Waals surface area (Å²) in [5, 5.41) is 5.18. The van der Waals surface area contributed by atoms with Gasteiger partial charge in [-0.3, -0.25) is 9.78 Å². The fraction of sp³-hybridized carbons (Fsp3) is 0.382. The maximum atomic E-state index is 12.4. The van der Waals surface area contributed by atoms with Crippen molar-refractivity contribution in [3.8, 4) is 11.4 Å². The van der Waals surface area contributed by atoms with Crippen molar-refractivity contribution in [3.63, 3.8) is 0 Å². The number of para-hydroxylation sites is 1. The first-order valence-corrected chi connectivity index (χ1v) is 14.6. The molecule has 4 aliphatic carbocycles. The molecule has 40 heavy (non-hydrogen) atoms. The number of nitrogens with zero attached hydrogens (tertiary/aromatic N) is 3. The normalized spacial score (nSPS) is 25.1. The molecule has 0 unspecified atom stereocenters. The lowest BCUT2D eigenvalue weighted by molar-refractivity contribution is -0.123. The first-order chi connectivity index (χ1) is 19.5. The number of carbonyl (C=O) groups is 1. The molecule has 0 saturated heterocycles. The van der Waals surface area contributed by atoms with Crippen molar-refractivity contribution >= 4 is 23.0 Å². The summed E-state index contributed by atoms with van der Waals surface area (Å²) in [5.74, 6) is 3.10. The van der Waals surface area contributed by atoms with E-state index in [1.807, 2.05) is 30.3 Å². The van der Waals surface area contributed by atoms with Gasteiger partial charge in [0, 0.05) is 34.2 Å². The van der Waals surface area contributed by atoms with E-state index in [1.165, 1.54) is 44.2 Å². The monoisotopic (exact) mass is 532 g/mol. The van der Waals surface area contributed by atoms with Gasteiger partial charge in [0.25, 0.3) is 5.91 Å². The van der Waals surface area contributed by atoms with Crippen molar-refractivity contribution < 1.29 is 9.53 Å². The van der Waals surface area contributed by atoms with Gasteiger partial charge in [-0.15, -0.1) is 0 Å². The van der Waals surface area contributed by atoms with E-state index in [0.717, 1.165) is 45.6 Å². The Morgan fingerprint density at radius 2 is 1.73 bits per heavy atom. The van der Waals surface area contributed by atoms with Crippen LogP contribution < -0.4 is 10.2 Å². The molecule has 0 atom stereocenters. The molecular formula is C34H36N4O2. The number of ether oxygens (including phenoxy) is 1. The fourth-order valence-electron chi connectivity index (χ4n) is 8.29. The quantitative estimate of drug-likeness (QED) is 0.214. The molecule has 0 radical (unpaired) electrons. The molecule has 8 rings (SSSR count). The lowest BCUT2D eigenvalue weighted by Gasteiger charge is -2.57. The number of pyridine rings is 1. The maximum Gasteiger partial charge on any atom is 0.277 e. The highest BCUT2D eigenvalue weighted by atomic mass is 16.5. The number of nitrogens with one attached hydrogen (secondary N) is 1. The second-order valence-electron chi connectivity index (χ2n) is 12.3. The summed E-state index contributed by atoms with van der Waals surface area (Å²) in [6, 6.07) is 21.0. The van der Waals surface area contributed by atoms with Crippen LogP contribution in [0.1, 0.15) is 61.0 Å². The van der Waals surface area contributed by atoms with Crippen LogP contribution in [0.2, 0.25) is 0 Å². The minimum absolute atomic E-state index is 0.137. The van der Waals surface area contributed by atoms with E-state index in [0.29, 0.717) is 11.2 Å². The van der Waals surface area contributed by atoms with Crippen molar-refractivity contribution in [2.75, 3.05) is 6.61 Å². The molecule has 2 aromatic heterocycles. The Bertz CT molecular complexity index is 1560. The molecule has 4 saturated carbocycles. The van der Waals surface area contributed by atoms with E-state index >= 15 is 0 Å². The molecule has 204 valence electrons. The summed E-state index contributed by atoms with van der Waals surface area (Å²) in [6.45, 7) is 4.07. The van der Waals surface area contributed by atoms with Crippen molar-refractivity contribution in [2.45, 2.75) is 57.8 Å². The topological polar surface area (TPSA) is 68.5 Å². The minimum atomic E-state index is -0.321. The van der Waals surface area contributed by atoms with Crippen molar-refractivity contribution in [1.29, 1.82) is 0 Å². The second kappa shape index (κ2) is 9.92. The third-order valence-corrected chi connectivity index (χ3v) is 9.59. The van der Waals surface area contributed by atoms with Crippen LogP contribution in [-0.4, -0.2) is 28.3 Å². The van der Waals surface area contributed by atoms with Gasteiger partial charge in [0.15, 0.2) is 6.61 Å². The standard InChI is InChI=1S/C34H36N4O2/c1-22-13-28(20-36-37-32(39)21-40-31-7-3-5-27-6-4-12-35-33(27)31)23(2)38(22)30-10-8-29(9-11-30)34-17-24-14-25(18-34)16-26(15-24)19-34/h3-13,20,24-26H,14-19,21H2,1-2H3,(H,37,39)/b36-20+. The maximum absolute atomic E-state index is 12.4. The second-order valence-corrected chi connectivity index (χ2v) is 12.3. The lowest BCUT2D eigenvalue weighted by Crippen LogP contribution is -2.48. The molecule has 6 heteroatoms. The van der Waals surface area contributed by atoms with Gasteiger partial charge in [0.2, 0.25) is 0 Å². The molecule has 4 aliphatic rings. The van der Waals surface area contributed by atoms with Gasteiger partial charge in [-0.05, 0) is 111 Å². The number of amides is 1. The van der Waals surface area contributed by atoms with Crippen molar-refractivity contribution in [3.05, 3.63) is 89.4 Å². The van der Waals surface area contributed by atoms with E-state index in [-0.39, 0.29) is 12.5 Å². The first kappa shape index (κ1) is 25.1. The number of rotatable bonds is 7. The highest BCUT2D eigenvalue weighted by Gasteiger charge is 2.51. The van der Waals surface area contributed by atoms with Gasteiger partial charge in [0.05, 0.1) is 6.21 Å². The molecule has 2 aromatic carbocycles. The average Bonchev–Trinajstić information content (AvgIpc) is 3.23. The molecule has 1 N–H and O–H groups in total. The van der Waals surface area contributed by atoms with Crippen LogP contribution >= 0.6 is 0 Å². The molecule has 0 spiro atoms. The lowest BCUT2D eigenvalue weighted by atomic mass is 9.48. The van der Waals surface area contributed by atoms with Crippen LogP contribution in [0, 0.1) is 31.6 Å². The van der Waals surface area contributed by atoms with Gasteiger partial charge < -0.3 is 9.30 Å². The fourth-order valence-corrected chi connectivity index (χ4v) is 8.29. The number of hydrazone groups is 1. The molecular weight excluding hydrogens is 496 g/mol. The van der Waals surface area contributed by atoms with Crippen molar-refractivity contribution in [1.82, 2.24) is 15.0 Å². The number of carbonyl (C=O) groups excluding carboxylic acids is 1. The third kappa shape index (κ3) is 4.49. The zero-order valence-electron chi connectivity index (χ0n) is 23.3. The largest absolute Gasteiger partial charge is 0.481 e. The summed E-state index contributed by atoms with van der Waals surface area (Å²) in [6.07, 6.45) is 12.0. The zero-order valence-corrected chi connectivity index (χ0v) is 23.3. The summed E-state index contributed by atoms with van der Waals surface area (Å²) < 4.78 is 7.99. The van der Waals surface area contributed by atoms with Crippen LogP contribution in [0.25, 0.3) is 16.6 Å². The van der Waals surface area contributed by atoms with E-state index in [9.17, 15) is 4.79 Å².